The van der Waals surface area contributed by atoms with Crippen LogP contribution in [0.15, 0.2) is 46.6 Å². The normalized spacial score (nSPS) is 13.5. The van der Waals surface area contributed by atoms with E-state index in [0.29, 0.717) is 5.75 Å². The van der Waals surface area contributed by atoms with Crippen LogP contribution in [0.1, 0.15) is 31.2 Å². The lowest BCUT2D eigenvalue weighted by molar-refractivity contribution is 0.174. The lowest BCUT2D eigenvalue weighted by atomic mass is 10.1. The quantitative estimate of drug-likeness (QED) is 0.644. The van der Waals surface area contributed by atoms with Crippen LogP contribution in [0.4, 0.5) is 11.5 Å². The monoisotopic (exact) mass is 322 g/mol. The van der Waals surface area contributed by atoms with E-state index in [9.17, 15) is 0 Å². The fourth-order valence-electron chi connectivity index (χ4n) is 2.79. The molecule has 0 aliphatic carbocycles. The van der Waals surface area contributed by atoms with Gasteiger partial charge in [0.1, 0.15) is 5.65 Å². The van der Waals surface area contributed by atoms with Gasteiger partial charge in [0.15, 0.2) is 17.3 Å². The summed E-state index contributed by atoms with van der Waals surface area (Å²) in [5.74, 6) is 2.47. The SMILES string of the molecule is Cc1cccc2nc(C(C)C)c(N=Nc3ccc4c(c3)OCO4)n12. The van der Waals surface area contributed by atoms with Crippen molar-refractivity contribution in [2.45, 2.75) is 26.7 Å². The van der Waals surface area contributed by atoms with Crippen LogP contribution in [0, 0.1) is 6.92 Å². The fourth-order valence-corrected chi connectivity index (χ4v) is 2.79. The summed E-state index contributed by atoms with van der Waals surface area (Å²) in [6.07, 6.45) is 0. The van der Waals surface area contributed by atoms with E-state index in [1.807, 2.05) is 47.7 Å². The van der Waals surface area contributed by atoms with Crippen molar-refractivity contribution in [3.63, 3.8) is 0 Å². The van der Waals surface area contributed by atoms with Crippen LogP contribution in [-0.2, 0) is 0 Å². The predicted molar refractivity (Wildman–Crippen MR) is 90.8 cm³/mol. The van der Waals surface area contributed by atoms with Gasteiger partial charge >= 0.3 is 0 Å². The summed E-state index contributed by atoms with van der Waals surface area (Å²) >= 11 is 0. The van der Waals surface area contributed by atoms with Gasteiger partial charge in [-0.05, 0) is 37.1 Å². The van der Waals surface area contributed by atoms with E-state index in [2.05, 4.69) is 24.1 Å². The number of pyridine rings is 1. The Hall–Kier alpha value is -2.89. The zero-order chi connectivity index (χ0) is 16.7. The third-order valence-electron chi connectivity index (χ3n) is 4.00. The summed E-state index contributed by atoms with van der Waals surface area (Å²) < 4.78 is 12.7. The van der Waals surface area contributed by atoms with E-state index in [0.717, 1.165) is 34.3 Å². The van der Waals surface area contributed by atoms with Gasteiger partial charge in [0.25, 0.3) is 0 Å². The largest absolute Gasteiger partial charge is 0.454 e. The molecule has 0 unspecified atom stereocenters. The highest BCUT2D eigenvalue weighted by atomic mass is 16.7. The Labute approximate surface area is 139 Å². The summed E-state index contributed by atoms with van der Waals surface area (Å²) in [4.78, 5) is 4.71. The first-order chi connectivity index (χ1) is 11.6. The summed E-state index contributed by atoms with van der Waals surface area (Å²) in [5, 5.41) is 8.89. The summed E-state index contributed by atoms with van der Waals surface area (Å²) in [5.41, 5.74) is 3.62. The number of nitrogens with zero attached hydrogens (tertiary/aromatic N) is 4. The van der Waals surface area contributed by atoms with Crippen molar-refractivity contribution in [3.05, 3.63) is 47.8 Å². The number of hydrogen-bond donors (Lipinski definition) is 0. The van der Waals surface area contributed by atoms with Crippen LogP contribution in [0.5, 0.6) is 11.5 Å². The Kier molecular flexibility index (Phi) is 3.45. The second-order valence-electron chi connectivity index (χ2n) is 6.07. The molecule has 6 nitrogen and oxygen atoms in total. The number of aromatic nitrogens is 2. The molecule has 1 aliphatic rings. The average Bonchev–Trinajstić information content (AvgIpc) is 3.17. The number of benzene rings is 1. The molecule has 2 aromatic heterocycles. The van der Waals surface area contributed by atoms with Gasteiger partial charge in [0.05, 0.1) is 11.4 Å². The van der Waals surface area contributed by atoms with Crippen molar-refractivity contribution in [1.29, 1.82) is 0 Å². The summed E-state index contributed by atoms with van der Waals surface area (Å²) in [6.45, 7) is 6.51. The second kappa shape index (κ2) is 5.63. The lowest BCUT2D eigenvalue weighted by Gasteiger charge is -2.04. The Morgan fingerprint density at radius 3 is 2.75 bits per heavy atom. The van der Waals surface area contributed by atoms with E-state index in [1.165, 1.54) is 0 Å². The van der Waals surface area contributed by atoms with E-state index >= 15 is 0 Å². The molecular formula is C18H18N4O2. The molecule has 24 heavy (non-hydrogen) atoms. The molecule has 0 saturated heterocycles. The summed E-state index contributed by atoms with van der Waals surface area (Å²) in [6, 6.07) is 11.6. The van der Waals surface area contributed by atoms with Crippen LogP contribution >= 0.6 is 0 Å². The molecule has 0 fully saturated rings. The molecule has 1 aromatic carbocycles. The van der Waals surface area contributed by atoms with Crippen molar-refractivity contribution < 1.29 is 9.47 Å². The van der Waals surface area contributed by atoms with Gasteiger partial charge in [-0.2, -0.15) is 0 Å². The van der Waals surface area contributed by atoms with E-state index in [-0.39, 0.29) is 12.7 Å². The first-order valence-corrected chi connectivity index (χ1v) is 7.93. The van der Waals surface area contributed by atoms with Crippen LogP contribution in [0.2, 0.25) is 0 Å². The first kappa shape index (κ1) is 14.7. The van der Waals surface area contributed by atoms with Gasteiger partial charge in [-0.15, -0.1) is 10.2 Å². The molecule has 122 valence electrons. The standard InChI is InChI=1S/C18H18N4O2/c1-11(2)17-18(22-12(3)5-4-6-16(22)19-17)21-20-13-7-8-14-15(9-13)24-10-23-14/h4-9,11H,10H2,1-3H3. The minimum atomic E-state index is 0.250. The molecule has 6 heteroatoms. The highest BCUT2D eigenvalue weighted by Crippen LogP contribution is 2.36. The summed E-state index contributed by atoms with van der Waals surface area (Å²) in [7, 11) is 0. The third-order valence-corrected chi connectivity index (χ3v) is 4.00. The smallest absolute Gasteiger partial charge is 0.231 e. The van der Waals surface area contributed by atoms with Crippen molar-refractivity contribution in [2.24, 2.45) is 10.2 Å². The highest BCUT2D eigenvalue weighted by Gasteiger charge is 2.17. The predicted octanol–water partition coefficient (Wildman–Crippen LogP) is 4.91. The molecule has 4 rings (SSSR count). The van der Waals surface area contributed by atoms with E-state index in [4.69, 9.17) is 14.5 Å². The minimum absolute atomic E-state index is 0.250. The average molecular weight is 322 g/mol. The maximum absolute atomic E-state index is 5.39. The Morgan fingerprint density at radius 1 is 1.08 bits per heavy atom. The Balaban J connectivity index is 1.80. The highest BCUT2D eigenvalue weighted by molar-refractivity contribution is 5.56. The maximum atomic E-state index is 5.39. The number of fused-ring (bicyclic) bond motifs is 2. The first-order valence-electron chi connectivity index (χ1n) is 7.93. The minimum Gasteiger partial charge on any atom is -0.454 e. The number of rotatable bonds is 3. The van der Waals surface area contributed by atoms with Crippen LogP contribution in [0.3, 0.4) is 0 Å². The van der Waals surface area contributed by atoms with Gasteiger partial charge in [0.2, 0.25) is 6.79 Å². The number of imidazole rings is 1. The molecule has 3 heterocycles. The second-order valence-corrected chi connectivity index (χ2v) is 6.07. The number of hydrogen-bond acceptors (Lipinski definition) is 5. The van der Waals surface area contributed by atoms with E-state index < -0.39 is 0 Å². The van der Waals surface area contributed by atoms with Crippen LogP contribution < -0.4 is 9.47 Å². The Bertz CT molecular complexity index is 944. The molecule has 0 amide bonds. The molecule has 1 aliphatic heterocycles. The van der Waals surface area contributed by atoms with Gasteiger partial charge in [-0.3, -0.25) is 4.40 Å². The third kappa shape index (κ3) is 2.40. The number of ether oxygens (including phenoxy) is 2. The van der Waals surface area contributed by atoms with Gasteiger partial charge in [0, 0.05) is 11.8 Å². The molecule has 0 bridgehead atoms. The maximum Gasteiger partial charge on any atom is 0.231 e. The van der Waals surface area contributed by atoms with Crippen LogP contribution in [-0.4, -0.2) is 16.2 Å². The molecule has 0 N–H and O–H groups in total. The molecular weight excluding hydrogens is 304 g/mol. The molecule has 0 atom stereocenters. The zero-order valence-corrected chi connectivity index (χ0v) is 13.9. The molecule has 0 radical (unpaired) electrons. The molecule has 0 spiro atoms. The topological polar surface area (TPSA) is 60.5 Å². The number of azo groups is 1. The van der Waals surface area contributed by atoms with Crippen molar-refractivity contribution in [2.75, 3.05) is 6.79 Å². The lowest BCUT2D eigenvalue weighted by Crippen LogP contribution is -1.92. The van der Waals surface area contributed by atoms with E-state index in [1.54, 1.807) is 0 Å². The van der Waals surface area contributed by atoms with Crippen molar-refractivity contribution in [1.82, 2.24) is 9.38 Å². The molecule has 0 saturated carbocycles. The van der Waals surface area contributed by atoms with Crippen molar-refractivity contribution in [3.8, 4) is 11.5 Å². The Morgan fingerprint density at radius 2 is 1.92 bits per heavy atom. The van der Waals surface area contributed by atoms with Gasteiger partial charge in [-0.1, -0.05) is 19.9 Å². The van der Waals surface area contributed by atoms with Crippen molar-refractivity contribution >= 4 is 17.2 Å². The van der Waals surface area contributed by atoms with Gasteiger partial charge in [-0.25, -0.2) is 4.98 Å². The zero-order valence-electron chi connectivity index (χ0n) is 13.9. The fraction of sp³-hybridized carbons (Fsp3) is 0.278. The molecule has 3 aromatic rings. The number of aryl methyl sites for hydroxylation is 1. The van der Waals surface area contributed by atoms with Crippen LogP contribution in [0.25, 0.3) is 5.65 Å². The van der Waals surface area contributed by atoms with Gasteiger partial charge < -0.3 is 9.47 Å².